The van der Waals surface area contributed by atoms with Crippen LogP contribution in [0, 0.1) is 6.92 Å². The topological polar surface area (TPSA) is 53.1 Å². The van der Waals surface area contributed by atoms with E-state index >= 15 is 0 Å². The number of likely N-dealkylation sites (N-methyl/N-ethyl adjacent to an activating group) is 1. The summed E-state index contributed by atoms with van der Waals surface area (Å²) in [5, 5.41) is 6.78. The zero-order chi connectivity index (χ0) is 15.3. The van der Waals surface area contributed by atoms with E-state index in [1.807, 2.05) is 0 Å². The molecule has 1 unspecified atom stereocenters. The fraction of sp³-hybridized carbons (Fsp3) is 0.733. The highest BCUT2D eigenvalue weighted by Crippen LogP contribution is 2.23. The molecule has 0 fully saturated rings. The first-order valence-corrected chi connectivity index (χ1v) is 7.39. The molecule has 0 aromatic carbocycles. The third-order valence-electron chi connectivity index (χ3n) is 3.47. The minimum Gasteiger partial charge on any atom is -0.370 e. The Hall–Kier alpha value is -1.36. The van der Waals surface area contributed by atoms with Gasteiger partial charge >= 0.3 is 0 Å². The van der Waals surface area contributed by atoms with E-state index in [-0.39, 0.29) is 0 Å². The maximum atomic E-state index is 4.67. The van der Waals surface area contributed by atoms with Crippen molar-refractivity contribution < 1.29 is 0 Å². The molecule has 20 heavy (non-hydrogen) atoms. The maximum Gasteiger partial charge on any atom is 0.135 e. The number of nitrogens with zero attached hydrogens (tertiary/aromatic N) is 3. The van der Waals surface area contributed by atoms with E-state index in [1.165, 1.54) is 0 Å². The molecule has 0 saturated carbocycles. The summed E-state index contributed by atoms with van der Waals surface area (Å²) in [6.07, 6.45) is 0. The lowest BCUT2D eigenvalue weighted by Gasteiger charge is -2.22. The Balaban J connectivity index is 2.98. The van der Waals surface area contributed by atoms with Crippen LogP contribution in [0.2, 0.25) is 0 Å². The molecule has 2 N–H and O–H groups in total. The summed E-state index contributed by atoms with van der Waals surface area (Å²) in [5.41, 5.74) is 1.09. The Morgan fingerprint density at radius 1 is 1.05 bits per heavy atom. The molecule has 1 rings (SSSR count). The number of hydrogen-bond donors (Lipinski definition) is 2. The van der Waals surface area contributed by atoms with Gasteiger partial charge in [0.25, 0.3) is 0 Å². The van der Waals surface area contributed by atoms with Gasteiger partial charge in [-0.1, -0.05) is 13.8 Å². The van der Waals surface area contributed by atoms with Crippen molar-refractivity contribution in [2.45, 2.75) is 46.6 Å². The van der Waals surface area contributed by atoms with Gasteiger partial charge in [-0.25, -0.2) is 9.97 Å². The summed E-state index contributed by atoms with van der Waals surface area (Å²) in [6.45, 7) is 12.3. The van der Waals surface area contributed by atoms with Crippen molar-refractivity contribution >= 4 is 11.6 Å². The molecule has 0 bridgehead atoms. The highest BCUT2D eigenvalue weighted by Gasteiger charge is 2.13. The lowest BCUT2D eigenvalue weighted by atomic mass is 10.2. The van der Waals surface area contributed by atoms with Gasteiger partial charge in [0.15, 0.2) is 0 Å². The zero-order valence-corrected chi connectivity index (χ0v) is 13.9. The summed E-state index contributed by atoms with van der Waals surface area (Å²) in [6, 6.07) is 0.453. The molecule has 0 amide bonds. The molecule has 1 heterocycles. The van der Waals surface area contributed by atoms with Crippen LogP contribution in [0.15, 0.2) is 0 Å². The highest BCUT2D eigenvalue weighted by atomic mass is 15.1. The summed E-state index contributed by atoms with van der Waals surface area (Å²) >= 11 is 0. The predicted molar refractivity (Wildman–Crippen MR) is 86.7 cm³/mol. The van der Waals surface area contributed by atoms with Crippen LogP contribution in [-0.2, 0) is 0 Å². The van der Waals surface area contributed by atoms with E-state index in [0.717, 1.165) is 36.1 Å². The average molecular weight is 279 g/mol. The van der Waals surface area contributed by atoms with Gasteiger partial charge in [-0.15, -0.1) is 0 Å². The van der Waals surface area contributed by atoms with E-state index in [0.29, 0.717) is 12.0 Å². The first kappa shape index (κ1) is 16.7. The number of rotatable bonds is 7. The van der Waals surface area contributed by atoms with Crippen molar-refractivity contribution in [3.63, 3.8) is 0 Å². The van der Waals surface area contributed by atoms with Crippen LogP contribution in [0.4, 0.5) is 11.6 Å². The van der Waals surface area contributed by atoms with Gasteiger partial charge in [-0.3, -0.25) is 0 Å². The van der Waals surface area contributed by atoms with Crippen LogP contribution in [0.5, 0.6) is 0 Å². The molecule has 0 aliphatic carbocycles. The minimum atomic E-state index is 0.319. The van der Waals surface area contributed by atoms with Crippen molar-refractivity contribution in [1.82, 2.24) is 14.9 Å². The van der Waals surface area contributed by atoms with Crippen LogP contribution < -0.4 is 10.6 Å². The molecule has 0 saturated heterocycles. The zero-order valence-electron chi connectivity index (χ0n) is 13.9. The molecule has 0 radical (unpaired) electrons. The standard InChI is InChI=1S/C15H29N5/c1-8-16-14-12(5)15(17-9-11(4)20(6)7)19-13(18-14)10(2)3/h10-11H,8-9H2,1-7H3,(H2,16,17,18,19). The van der Waals surface area contributed by atoms with E-state index in [9.17, 15) is 0 Å². The monoisotopic (exact) mass is 279 g/mol. The summed E-state index contributed by atoms with van der Waals surface area (Å²) in [5.74, 6) is 3.07. The predicted octanol–water partition coefficient (Wildman–Crippen LogP) is 2.70. The first-order chi connectivity index (χ1) is 9.36. The average Bonchev–Trinajstić information content (AvgIpc) is 2.39. The lowest BCUT2D eigenvalue weighted by Crippen LogP contribution is -2.32. The minimum absolute atomic E-state index is 0.319. The van der Waals surface area contributed by atoms with Crippen LogP contribution >= 0.6 is 0 Å². The van der Waals surface area contributed by atoms with Gasteiger partial charge in [0.05, 0.1) is 0 Å². The van der Waals surface area contributed by atoms with E-state index in [1.54, 1.807) is 0 Å². The van der Waals surface area contributed by atoms with Crippen molar-refractivity contribution in [3.8, 4) is 0 Å². The molecule has 0 spiro atoms. The Kier molecular flexibility index (Phi) is 6.20. The third kappa shape index (κ3) is 4.34. The molecule has 5 heteroatoms. The van der Waals surface area contributed by atoms with Gasteiger partial charge in [0.2, 0.25) is 0 Å². The van der Waals surface area contributed by atoms with E-state index in [2.05, 4.69) is 74.2 Å². The Morgan fingerprint density at radius 2 is 1.60 bits per heavy atom. The molecule has 114 valence electrons. The summed E-state index contributed by atoms with van der Waals surface area (Å²) in [7, 11) is 4.17. The number of aromatic nitrogens is 2. The molecule has 0 aliphatic heterocycles. The maximum absolute atomic E-state index is 4.67. The van der Waals surface area contributed by atoms with Crippen molar-refractivity contribution in [1.29, 1.82) is 0 Å². The molecule has 1 aromatic heterocycles. The van der Waals surface area contributed by atoms with Crippen LogP contribution in [-0.4, -0.2) is 48.1 Å². The second-order valence-electron chi connectivity index (χ2n) is 5.78. The van der Waals surface area contributed by atoms with Crippen molar-refractivity contribution in [2.75, 3.05) is 37.8 Å². The second-order valence-corrected chi connectivity index (χ2v) is 5.78. The fourth-order valence-electron chi connectivity index (χ4n) is 1.73. The number of nitrogens with one attached hydrogen (secondary N) is 2. The molecule has 1 aromatic rings. The van der Waals surface area contributed by atoms with Crippen molar-refractivity contribution in [3.05, 3.63) is 11.4 Å². The largest absolute Gasteiger partial charge is 0.370 e. The van der Waals surface area contributed by atoms with Crippen LogP contribution in [0.25, 0.3) is 0 Å². The van der Waals surface area contributed by atoms with Gasteiger partial charge in [0, 0.05) is 30.6 Å². The Labute approximate surface area is 123 Å². The van der Waals surface area contributed by atoms with Gasteiger partial charge in [0.1, 0.15) is 17.5 Å². The van der Waals surface area contributed by atoms with Gasteiger partial charge in [-0.2, -0.15) is 0 Å². The normalized spacial score (nSPS) is 12.8. The number of hydrogen-bond acceptors (Lipinski definition) is 5. The molecule has 1 atom stereocenters. The second kappa shape index (κ2) is 7.43. The van der Waals surface area contributed by atoms with E-state index < -0.39 is 0 Å². The Morgan fingerprint density at radius 3 is 2.05 bits per heavy atom. The molecule has 0 aliphatic rings. The first-order valence-electron chi connectivity index (χ1n) is 7.39. The summed E-state index contributed by atoms with van der Waals surface area (Å²) < 4.78 is 0. The summed E-state index contributed by atoms with van der Waals surface area (Å²) in [4.78, 5) is 11.5. The number of anilines is 2. The highest BCUT2D eigenvalue weighted by molar-refractivity contribution is 5.57. The van der Waals surface area contributed by atoms with Crippen LogP contribution in [0.3, 0.4) is 0 Å². The Bertz CT molecular complexity index is 429. The van der Waals surface area contributed by atoms with Crippen LogP contribution in [0.1, 0.15) is 45.0 Å². The molecular weight excluding hydrogens is 250 g/mol. The quantitative estimate of drug-likeness (QED) is 0.804. The lowest BCUT2D eigenvalue weighted by molar-refractivity contribution is 0.326. The molecular formula is C15H29N5. The van der Waals surface area contributed by atoms with Gasteiger partial charge < -0.3 is 15.5 Å². The fourth-order valence-corrected chi connectivity index (χ4v) is 1.73. The molecule has 5 nitrogen and oxygen atoms in total. The van der Waals surface area contributed by atoms with Crippen molar-refractivity contribution in [2.24, 2.45) is 0 Å². The smallest absolute Gasteiger partial charge is 0.135 e. The van der Waals surface area contributed by atoms with Gasteiger partial charge in [-0.05, 0) is 34.9 Å². The third-order valence-corrected chi connectivity index (χ3v) is 3.47. The SMILES string of the molecule is CCNc1nc(C(C)C)nc(NCC(C)N(C)C)c1C. The van der Waals surface area contributed by atoms with E-state index in [4.69, 9.17) is 0 Å².